The monoisotopic (exact) mass is 467 g/mol. The highest BCUT2D eigenvalue weighted by atomic mass is 19.4. The predicted octanol–water partition coefficient (Wildman–Crippen LogP) is 3.95. The summed E-state index contributed by atoms with van der Waals surface area (Å²) in [5.41, 5.74) is 7.71. The lowest BCUT2D eigenvalue weighted by Crippen LogP contribution is -2.55. The van der Waals surface area contributed by atoms with Gasteiger partial charge in [0, 0.05) is 30.9 Å². The van der Waals surface area contributed by atoms with E-state index in [1.807, 2.05) is 17.5 Å². The number of carbonyl (C=O) groups excluding carboxylic acids is 2. The molecule has 33 heavy (non-hydrogen) atoms. The minimum absolute atomic E-state index is 0.145. The second kappa shape index (κ2) is 10.3. The van der Waals surface area contributed by atoms with Crippen LogP contribution in [0.5, 0.6) is 0 Å². The average molecular weight is 468 g/mol. The third-order valence-electron chi connectivity index (χ3n) is 6.56. The highest BCUT2D eigenvalue weighted by molar-refractivity contribution is 5.97. The molecule has 9 heteroatoms. The van der Waals surface area contributed by atoms with Gasteiger partial charge in [-0.2, -0.15) is 13.2 Å². The number of likely N-dealkylation sites (tertiary alicyclic amines) is 1. The number of nitrogens with zero attached hydrogens (tertiary/aromatic N) is 1. The number of alkyl halides is 3. The summed E-state index contributed by atoms with van der Waals surface area (Å²) >= 11 is 0. The smallest absolute Gasteiger partial charge is 0.396 e. The number of nitrogens with two attached hydrogens (primary N) is 1. The Bertz CT molecular complexity index is 904. The van der Waals surface area contributed by atoms with Gasteiger partial charge in [-0.25, -0.2) is 0 Å². The predicted molar refractivity (Wildman–Crippen MR) is 120 cm³/mol. The van der Waals surface area contributed by atoms with Gasteiger partial charge in [0.2, 0.25) is 5.91 Å². The summed E-state index contributed by atoms with van der Waals surface area (Å²) in [6, 6.07) is 5.21. The van der Waals surface area contributed by atoms with Gasteiger partial charge in [-0.1, -0.05) is 12.1 Å². The highest BCUT2D eigenvalue weighted by Gasteiger charge is 2.39. The van der Waals surface area contributed by atoms with Crippen LogP contribution in [0.4, 0.5) is 18.9 Å². The fraction of sp³-hybridized carbons (Fsp3) is 0.583. The Morgan fingerprint density at radius 3 is 2.48 bits per heavy atom. The molecule has 182 valence electrons. The van der Waals surface area contributed by atoms with Gasteiger partial charge in [0.1, 0.15) is 0 Å². The van der Waals surface area contributed by atoms with Gasteiger partial charge < -0.3 is 21.1 Å². The van der Waals surface area contributed by atoms with Gasteiger partial charge in [-0.05, 0) is 81.1 Å². The summed E-state index contributed by atoms with van der Waals surface area (Å²) in [6.07, 6.45) is 2.28. The molecule has 0 aromatic heterocycles. The molecule has 0 bridgehead atoms. The molecule has 1 aromatic rings. The van der Waals surface area contributed by atoms with E-state index in [4.69, 9.17) is 10.8 Å². The molecule has 1 atom stereocenters. The molecule has 0 spiro atoms. The summed E-state index contributed by atoms with van der Waals surface area (Å²) < 4.78 is 38.5. The molecule has 0 radical (unpaired) electrons. The summed E-state index contributed by atoms with van der Waals surface area (Å²) in [7, 11) is 0. The largest absolute Gasteiger partial charge is 0.471 e. The minimum Gasteiger partial charge on any atom is -0.396 e. The van der Waals surface area contributed by atoms with Crippen LogP contribution < -0.4 is 11.1 Å². The number of benzene rings is 1. The van der Waals surface area contributed by atoms with Crippen LogP contribution in [0.1, 0.15) is 68.9 Å². The van der Waals surface area contributed by atoms with Gasteiger partial charge >= 0.3 is 12.1 Å². The van der Waals surface area contributed by atoms with Crippen LogP contribution in [-0.2, 0) is 9.59 Å². The average Bonchev–Trinajstić information content (AvgIpc) is 2.79. The SMILES string of the molecule is CC(N)(CCO)C(=O)N1CCC(c2ccc(NC(=O)C(F)(F)F)c(C3=CCCCC3)c2)CC1. The first-order chi connectivity index (χ1) is 15.5. The lowest BCUT2D eigenvalue weighted by molar-refractivity contribution is -0.167. The number of carbonyl (C=O) groups is 2. The van der Waals surface area contributed by atoms with Crippen molar-refractivity contribution in [1.82, 2.24) is 4.90 Å². The number of aliphatic hydroxyl groups excluding tert-OH is 1. The molecule has 4 N–H and O–H groups in total. The lowest BCUT2D eigenvalue weighted by Gasteiger charge is -2.37. The van der Waals surface area contributed by atoms with Gasteiger partial charge in [0.25, 0.3) is 0 Å². The fourth-order valence-electron chi connectivity index (χ4n) is 4.58. The van der Waals surface area contributed by atoms with Crippen molar-refractivity contribution in [2.45, 2.75) is 69.5 Å². The zero-order valence-electron chi connectivity index (χ0n) is 18.9. The first-order valence-electron chi connectivity index (χ1n) is 11.4. The molecule has 1 aliphatic carbocycles. The Morgan fingerprint density at radius 2 is 1.91 bits per heavy atom. The third-order valence-corrected chi connectivity index (χ3v) is 6.56. The summed E-state index contributed by atoms with van der Waals surface area (Å²) in [5, 5.41) is 11.2. The van der Waals surface area contributed by atoms with E-state index in [-0.39, 0.29) is 30.5 Å². The second-order valence-corrected chi connectivity index (χ2v) is 9.19. The van der Waals surface area contributed by atoms with Crippen molar-refractivity contribution >= 4 is 23.1 Å². The number of amides is 2. The van der Waals surface area contributed by atoms with Gasteiger partial charge in [0.05, 0.1) is 5.54 Å². The molecule has 1 saturated heterocycles. The number of halogens is 3. The Morgan fingerprint density at radius 1 is 1.21 bits per heavy atom. The molecule has 1 fully saturated rings. The molecule has 1 aliphatic heterocycles. The van der Waals surface area contributed by atoms with E-state index >= 15 is 0 Å². The second-order valence-electron chi connectivity index (χ2n) is 9.19. The van der Waals surface area contributed by atoms with Gasteiger partial charge in [0.15, 0.2) is 0 Å². The fourth-order valence-corrected chi connectivity index (χ4v) is 4.58. The topological polar surface area (TPSA) is 95.7 Å². The van der Waals surface area contributed by atoms with E-state index in [1.54, 1.807) is 24.0 Å². The van der Waals surface area contributed by atoms with Crippen molar-refractivity contribution < 1.29 is 27.9 Å². The zero-order chi connectivity index (χ0) is 24.2. The number of piperidine rings is 1. The highest BCUT2D eigenvalue weighted by Crippen LogP contribution is 2.37. The number of allylic oxidation sites excluding steroid dienone is 2. The molecule has 1 aromatic carbocycles. The molecule has 2 aliphatic rings. The van der Waals surface area contributed by atoms with E-state index in [0.29, 0.717) is 31.5 Å². The Kier molecular flexibility index (Phi) is 7.84. The molecular formula is C24H32F3N3O3. The molecule has 0 saturated carbocycles. The van der Waals surface area contributed by atoms with Crippen molar-refractivity contribution in [2.24, 2.45) is 5.73 Å². The number of anilines is 1. The van der Waals surface area contributed by atoms with Crippen LogP contribution >= 0.6 is 0 Å². The zero-order valence-corrected chi connectivity index (χ0v) is 18.9. The normalized spacial score (nSPS) is 19.6. The Hall–Kier alpha value is -2.39. The molecule has 6 nitrogen and oxygen atoms in total. The number of aliphatic hydroxyl groups is 1. The summed E-state index contributed by atoms with van der Waals surface area (Å²) in [5.74, 6) is -2.02. The molecule has 3 rings (SSSR count). The molecule has 2 amide bonds. The number of rotatable bonds is 6. The molecular weight excluding hydrogens is 435 g/mol. The van der Waals surface area contributed by atoms with E-state index in [0.717, 1.165) is 36.8 Å². The maximum absolute atomic E-state index is 12.8. The van der Waals surface area contributed by atoms with Crippen LogP contribution in [0.15, 0.2) is 24.3 Å². The van der Waals surface area contributed by atoms with Crippen molar-refractivity contribution in [3.05, 3.63) is 35.4 Å². The van der Waals surface area contributed by atoms with E-state index in [1.165, 1.54) is 0 Å². The lowest BCUT2D eigenvalue weighted by atomic mass is 9.85. The maximum Gasteiger partial charge on any atom is 0.471 e. The van der Waals surface area contributed by atoms with Crippen LogP contribution in [-0.4, -0.2) is 53.2 Å². The van der Waals surface area contributed by atoms with E-state index in [2.05, 4.69) is 0 Å². The van der Waals surface area contributed by atoms with Crippen molar-refractivity contribution in [1.29, 1.82) is 0 Å². The van der Waals surface area contributed by atoms with Gasteiger partial charge in [-0.3, -0.25) is 9.59 Å². The van der Waals surface area contributed by atoms with E-state index in [9.17, 15) is 22.8 Å². The van der Waals surface area contributed by atoms with Crippen LogP contribution in [0.2, 0.25) is 0 Å². The number of hydrogen-bond donors (Lipinski definition) is 3. The molecule has 1 heterocycles. The number of hydrogen-bond acceptors (Lipinski definition) is 4. The first-order valence-corrected chi connectivity index (χ1v) is 11.4. The van der Waals surface area contributed by atoms with Crippen LogP contribution in [0.3, 0.4) is 0 Å². The minimum atomic E-state index is -4.95. The summed E-state index contributed by atoms with van der Waals surface area (Å²) in [4.78, 5) is 26.0. The van der Waals surface area contributed by atoms with Crippen molar-refractivity contribution in [2.75, 3.05) is 25.0 Å². The standard InChI is InChI=1S/C24H32F3N3O3/c1-23(28,11-14-31)22(33)30-12-9-16(10-13-30)18-7-8-20(29-21(32)24(25,26)27)19(15-18)17-5-3-2-4-6-17/h5,7-8,15-16,31H,2-4,6,9-14,28H2,1H3,(H,29,32). The maximum atomic E-state index is 12.8. The van der Waals surface area contributed by atoms with Crippen LogP contribution in [0.25, 0.3) is 5.57 Å². The van der Waals surface area contributed by atoms with E-state index < -0.39 is 17.6 Å². The quantitative estimate of drug-likeness (QED) is 0.590. The summed E-state index contributed by atoms with van der Waals surface area (Å²) in [6.45, 7) is 2.50. The van der Waals surface area contributed by atoms with Crippen molar-refractivity contribution in [3.63, 3.8) is 0 Å². The number of nitrogens with one attached hydrogen (secondary N) is 1. The first kappa shape index (κ1) is 25.2. The van der Waals surface area contributed by atoms with Crippen LogP contribution in [0, 0.1) is 0 Å². The Balaban J connectivity index is 1.78. The van der Waals surface area contributed by atoms with Crippen molar-refractivity contribution in [3.8, 4) is 0 Å². The molecule has 1 unspecified atom stereocenters. The van der Waals surface area contributed by atoms with Gasteiger partial charge in [-0.15, -0.1) is 0 Å². The Labute approximate surface area is 192 Å². The third kappa shape index (κ3) is 6.14.